The van der Waals surface area contributed by atoms with Gasteiger partial charge in [0.15, 0.2) is 0 Å². The number of carbonyl (C=O) groups excluding carboxylic acids is 1. The molecule has 2 nitrogen and oxygen atoms in total. The van der Waals surface area contributed by atoms with E-state index < -0.39 is 0 Å². The van der Waals surface area contributed by atoms with Crippen LogP contribution in [-0.2, 0) is 4.42 Å². The summed E-state index contributed by atoms with van der Waals surface area (Å²) in [5.74, 6) is 0. The summed E-state index contributed by atoms with van der Waals surface area (Å²) < 4.78 is 4.55. The highest BCUT2D eigenvalue weighted by molar-refractivity contribution is 5.67. The minimum Gasteiger partial charge on any atom is -0.468 e. The average molecular weight is 113 g/mol. The fourth-order valence-corrected chi connectivity index (χ4v) is 0.219. The predicted octanol–water partition coefficient (Wildman–Crippen LogP) is 0.385. The van der Waals surface area contributed by atoms with Crippen LogP contribution in [0.15, 0.2) is 11.8 Å². The van der Waals surface area contributed by atoms with Crippen molar-refractivity contribution in [2.75, 3.05) is 14.2 Å². The van der Waals surface area contributed by atoms with Gasteiger partial charge in [0.1, 0.15) is 0 Å². The van der Waals surface area contributed by atoms with Gasteiger partial charge < -0.3 is 9.74 Å². The molecule has 0 aliphatic rings. The zero-order valence-electron chi connectivity index (χ0n) is 5.49. The van der Waals surface area contributed by atoms with E-state index in [0.717, 1.165) is 5.70 Å². The van der Waals surface area contributed by atoms with Crippen LogP contribution in [0.25, 0.3) is 0 Å². The van der Waals surface area contributed by atoms with Gasteiger partial charge in [-0.1, -0.05) is 6.92 Å². The van der Waals surface area contributed by atoms with E-state index in [1.165, 1.54) is 0 Å². The molecule has 0 radical (unpaired) electrons. The van der Waals surface area contributed by atoms with Crippen LogP contribution in [-0.4, -0.2) is 20.4 Å². The second-order valence-corrected chi connectivity index (χ2v) is 1.40. The summed E-state index contributed by atoms with van der Waals surface area (Å²) in [4.78, 5) is 0. The van der Waals surface area contributed by atoms with Crippen LogP contribution < -0.4 is 5.32 Å². The van der Waals surface area contributed by atoms with E-state index >= 15 is 0 Å². The zero-order valence-corrected chi connectivity index (χ0v) is 5.49. The Balaban J connectivity index is 3.57. The minimum absolute atomic E-state index is 1.03. The van der Waals surface area contributed by atoms with E-state index in [2.05, 4.69) is 16.0 Å². The van der Waals surface area contributed by atoms with Crippen LogP contribution >= 0.6 is 0 Å². The number of nitrogens with one attached hydrogen (secondary N) is 1. The molecule has 0 saturated heterocycles. The molecule has 1 N–H and O–H groups in total. The van der Waals surface area contributed by atoms with Gasteiger partial charge in [-0.3, -0.25) is 0 Å². The number of allylic oxidation sites excluding steroid dienone is 2. The van der Waals surface area contributed by atoms with Crippen molar-refractivity contribution < 1.29 is 4.42 Å². The summed E-state index contributed by atoms with van der Waals surface area (Å²) in [6, 6.07) is 0. The fourth-order valence-electron chi connectivity index (χ4n) is 0.219. The molecule has 0 aliphatic carbocycles. The molecule has 0 amide bonds. The highest BCUT2D eigenvalue weighted by Gasteiger charge is 1.67. The summed E-state index contributed by atoms with van der Waals surface area (Å²) in [7, 11) is 3.42. The van der Waals surface area contributed by atoms with Gasteiger partial charge in [0.25, 0.3) is 0 Å². The molecule has 0 spiro atoms. The van der Waals surface area contributed by atoms with E-state index in [9.17, 15) is 0 Å². The molecule has 0 aromatic carbocycles. The van der Waals surface area contributed by atoms with Gasteiger partial charge in [-0.05, 0) is 7.05 Å². The second-order valence-electron chi connectivity index (χ2n) is 1.40. The van der Waals surface area contributed by atoms with Crippen LogP contribution in [0.2, 0.25) is 0 Å². The Bertz CT molecular complexity index is 105. The van der Waals surface area contributed by atoms with E-state index in [1.807, 2.05) is 14.0 Å². The lowest BCUT2D eigenvalue weighted by atomic mass is 10.5. The lowest BCUT2D eigenvalue weighted by Crippen LogP contribution is -2.01. The standard InChI is InChI=1S/C6H11NO/c1-6(7-2)4-5-8-3/h4,7H,1-3H3/b6-4+. The molecule has 0 fully saturated rings. The molecule has 0 bridgehead atoms. The molecule has 0 unspecified atom stereocenters. The van der Waals surface area contributed by atoms with E-state index in [4.69, 9.17) is 0 Å². The fraction of sp³-hybridized carbons (Fsp3) is 0.500. The van der Waals surface area contributed by atoms with Crippen LogP contribution in [0.4, 0.5) is 0 Å². The first-order valence-corrected chi connectivity index (χ1v) is 2.44. The third kappa shape index (κ3) is 3.40. The molecule has 8 heavy (non-hydrogen) atoms. The lowest BCUT2D eigenvalue weighted by molar-refractivity contribution is 0.186. The molecule has 2 heteroatoms. The Labute approximate surface area is 49.9 Å². The van der Waals surface area contributed by atoms with Gasteiger partial charge >= 0.3 is 0 Å². The molecule has 0 aliphatic heterocycles. The maximum atomic E-state index is 4.55. The van der Waals surface area contributed by atoms with Crippen molar-refractivity contribution in [2.24, 2.45) is 0 Å². The molecule has 0 heterocycles. The van der Waals surface area contributed by atoms with E-state index in [0.29, 0.717) is 0 Å². The Kier molecular flexibility index (Phi) is 3.94. The first kappa shape index (κ1) is 7.21. The predicted molar refractivity (Wildman–Crippen MR) is 34.4 cm³/mol. The van der Waals surface area contributed by atoms with Crippen molar-refractivity contribution in [1.82, 2.24) is 5.32 Å². The summed E-state index contributed by atoms with van der Waals surface area (Å²) in [6.07, 6.45) is 4.31. The number of hydrogen-bond acceptors (Lipinski definition) is 1. The third-order valence-electron chi connectivity index (χ3n) is 0.788. The Morgan fingerprint density at radius 3 is 2.75 bits per heavy atom. The number of rotatable bonds is 2. The normalized spacial score (nSPS) is 12.6. The third-order valence-corrected chi connectivity index (χ3v) is 0.788. The van der Waals surface area contributed by atoms with Crippen LogP contribution in [0.1, 0.15) is 6.92 Å². The van der Waals surface area contributed by atoms with E-state index in [1.54, 1.807) is 13.2 Å². The summed E-state index contributed by atoms with van der Waals surface area (Å²) in [5, 5.41) is 2.92. The molecular formula is C6H11NO. The lowest BCUT2D eigenvalue weighted by Gasteiger charge is -2.00. The highest BCUT2D eigenvalue weighted by Crippen LogP contribution is 1.77. The van der Waals surface area contributed by atoms with Gasteiger partial charge in [-0.25, -0.2) is 0 Å². The van der Waals surface area contributed by atoms with E-state index in [-0.39, 0.29) is 0 Å². The van der Waals surface area contributed by atoms with Crippen molar-refractivity contribution in [1.29, 1.82) is 0 Å². The molecule has 46 valence electrons. The van der Waals surface area contributed by atoms with Gasteiger partial charge in [0.2, 0.25) is 13.4 Å². The highest BCUT2D eigenvalue weighted by atomic mass is 16.4. The van der Waals surface area contributed by atoms with Crippen molar-refractivity contribution in [3.05, 3.63) is 11.8 Å². The first-order valence-electron chi connectivity index (χ1n) is 2.44. The van der Waals surface area contributed by atoms with Crippen molar-refractivity contribution in [3.63, 3.8) is 0 Å². The van der Waals surface area contributed by atoms with Crippen LogP contribution in [0.5, 0.6) is 0 Å². The average Bonchev–Trinajstić information content (AvgIpc) is 1.83. The zero-order chi connectivity index (χ0) is 6.41. The Morgan fingerprint density at radius 2 is 2.38 bits per heavy atom. The SMILES string of the molecule is CN/C(C)=C/[C-]=[O+]C. The maximum absolute atomic E-state index is 4.55. The monoisotopic (exact) mass is 113 g/mol. The van der Waals surface area contributed by atoms with Gasteiger partial charge in [0.05, 0.1) is 0 Å². The van der Waals surface area contributed by atoms with Crippen LogP contribution in [0, 0.1) is 0 Å². The summed E-state index contributed by atoms with van der Waals surface area (Å²) in [6.45, 7) is 1.94. The number of hydrogen-bond donors (Lipinski definition) is 1. The Morgan fingerprint density at radius 1 is 1.75 bits per heavy atom. The largest absolute Gasteiger partial charge is 0.468 e. The van der Waals surface area contributed by atoms with Gasteiger partial charge in [-0.2, -0.15) is 0 Å². The first-order chi connectivity index (χ1) is 3.81. The second kappa shape index (κ2) is 4.37. The minimum atomic E-state index is 1.03. The van der Waals surface area contributed by atoms with Crippen molar-refractivity contribution >= 4 is 6.29 Å². The van der Waals surface area contributed by atoms with Crippen molar-refractivity contribution in [2.45, 2.75) is 6.92 Å². The maximum Gasteiger partial charge on any atom is 0.229 e. The topological polar surface area (TPSA) is 23.3 Å². The molecule has 0 aromatic rings. The molecule has 0 rings (SSSR count). The smallest absolute Gasteiger partial charge is 0.229 e. The molecular weight excluding hydrogens is 102 g/mol. The molecule has 0 atom stereocenters. The quantitative estimate of drug-likeness (QED) is 0.312. The summed E-state index contributed by atoms with van der Waals surface area (Å²) >= 11 is 0. The van der Waals surface area contributed by atoms with Gasteiger partial charge in [-0.15, -0.1) is 11.8 Å². The summed E-state index contributed by atoms with van der Waals surface area (Å²) in [5.41, 5.74) is 1.03. The van der Waals surface area contributed by atoms with Crippen molar-refractivity contribution in [3.8, 4) is 0 Å². The molecule has 0 saturated carbocycles. The van der Waals surface area contributed by atoms with Gasteiger partial charge in [0, 0.05) is 0 Å². The molecule has 0 aromatic heterocycles. The Hall–Kier alpha value is -0.790. The van der Waals surface area contributed by atoms with Crippen LogP contribution in [0.3, 0.4) is 0 Å².